The van der Waals surface area contributed by atoms with Gasteiger partial charge < -0.3 is 0 Å². The van der Waals surface area contributed by atoms with Crippen LogP contribution in [0.15, 0.2) is 30.5 Å². The van der Waals surface area contributed by atoms with Crippen molar-refractivity contribution < 1.29 is 0 Å². The van der Waals surface area contributed by atoms with Gasteiger partial charge in [-0.25, -0.2) is 9.97 Å². The van der Waals surface area contributed by atoms with Crippen LogP contribution in [0.2, 0.25) is 5.15 Å². The van der Waals surface area contributed by atoms with E-state index in [9.17, 15) is 0 Å². The monoisotopic (exact) mass is 412 g/mol. The molecular formula is C26H37ClN2. The second-order valence-corrected chi connectivity index (χ2v) is 9.22. The van der Waals surface area contributed by atoms with Crippen molar-refractivity contribution in [2.45, 2.75) is 90.9 Å². The van der Waals surface area contributed by atoms with Crippen LogP contribution in [0.3, 0.4) is 0 Å². The molecule has 0 unspecified atom stereocenters. The molecule has 0 spiro atoms. The van der Waals surface area contributed by atoms with Gasteiger partial charge in [0.1, 0.15) is 11.0 Å². The molecule has 2 nitrogen and oxygen atoms in total. The molecule has 1 heterocycles. The van der Waals surface area contributed by atoms with E-state index in [-0.39, 0.29) is 0 Å². The van der Waals surface area contributed by atoms with Crippen LogP contribution in [-0.4, -0.2) is 9.97 Å². The van der Waals surface area contributed by atoms with Crippen LogP contribution in [0.25, 0.3) is 11.1 Å². The van der Waals surface area contributed by atoms with Crippen LogP contribution in [-0.2, 0) is 12.8 Å². The highest BCUT2D eigenvalue weighted by Gasteiger charge is 2.20. The number of halogens is 1. The zero-order valence-electron chi connectivity index (χ0n) is 18.3. The molecule has 3 rings (SSSR count). The first-order chi connectivity index (χ1) is 14.2. The van der Waals surface area contributed by atoms with Gasteiger partial charge in [0.25, 0.3) is 0 Å². The second kappa shape index (κ2) is 11.7. The summed E-state index contributed by atoms with van der Waals surface area (Å²) in [7, 11) is 0. The number of hydrogen-bond acceptors (Lipinski definition) is 2. The Labute approximate surface area is 182 Å². The van der Waals surface area contributed by atoms with Crippen molar-refractivity contribution in [2.24, 2.45) is 11.8 Å². The van der Waals surface area contributed by atoms with E-state index in [2.05, 4.69) is 48.1 Å². The lowest BCUT2D eigenvalue weighted by molar-refractivity contribution is 0.251. The Balaban J connectivity index is 1.52. The normalized spacial score (nSPS) is 19.4. The molecule has 158 valence electrons. The highest BCUT2D eigenvalue weighted by Crippen LogP contribution is 2.34. The number of aryl methyl sites for hydroxylation is 2. The molecule has 3 heteroatoms. The summed E-state index contributed by atoms with van der Waals surface area (Å²) < 4.78 is 0. The van der Waals surface area contributed by atoms with Crippen LogP contribution in [0.1, 0.15) is 89.4 Å². The molecule has 1 aliphatic rings. The largest absolute Gasteiger partial charge is 0.241 e. The molecule has 0 amide bonds. The number of aromatic nitrogens is 2. The summed E-state index contributed by atoms with van der Waals surface area (Å²) in [6.07, 6.45) is 17.3. The molecule has 1 aromatic heterocycles. The number of unbranched alkanes of at least 4 members (excludes halogenated alkanes) is 2. The van der Waals surface area contributed by atoms with E-state index in [4.69, 9.17) is 11.6 Å². The Kier molecular flexibility index (Phi) is 8.98. The average Bonchev–Trinajstić information content (AvgIpc) is 2.74. The highest BCUT2D eigenvalue weighted by molar-refractivity contribution is 6.32. The molecule has 2 aromatic rings. The smallest absolute Gasteiger partial charge is 0.140 e. The molecule has 0 aliphatic heterocycles. The molecule has 29 heavy (non-hydrogen) atoms. The van der Waals surface area contributed by atoms with Crippen LogP contribution in [0.5, 0.6) is 0 Å². The minimum absolute atomic E-state index is 0.584. The van der Waals surface area contributed by atoms with E-state index in [0.717, 1.165) is 41.6 Å². The summed E-state index contributed by atoms with van der Waals surface area (Å²) in [5, 5.41) is 0.584. The van der Waals surface area contributed by atoms with Gasteiger partial charge in [0.05, 0.1) is 0 Å². The highest BCUT2D eigenvalue weighted by atomic mass is 35.5. The maximum atomic E-state index is 6.53. The predicted molar refractivity (Wildman–Crippen MR) is 124 cm³/mol. The molecule has 1 aliphatic carbocycles. The quantitative estimate of drug-likeness (QED) is 0.291. The van der Waals surface area contributed by atoms with E-state index < -0.39 is 0 Å². The van der Waals surface area contributed by atoms with E-state index in [1.807, 2.05) is 6.20 Å². The fourth-order valence-electron chi connectivity index (χ4n) is 4.69. The average molecular weight is 413 g/mol. The van der Waals surface area contributed by atoms with Gasteiger partial charge in [-0.2, -0.15) is 0 Å². The topological polar surface area (TPSA) is 25.8 Å². The molecule has 1 saturated carbocycles. The van der Waals surface area contributed by atoms with Gasteiger partial charge in [0.15, 0.2) is 0 Å². The minimum Gasteiger partial charge on any atom is -0.241 e. The fourth-order valence-corrected chi connectivity index (χ4v) is 4.94. The maximum absolute atomic E-state index is 6.53. The van der Waals surface area contributed by atoms with Crippen LogP contribution in [0.4, 0.5) is 0 Å². The van der Waals surface area contributed by atoms with Gasteiger partial charge in [-0.1, -0.05) is 101 Å². The number of rotatable bonds is 10. The van der Waals surface area contributed by atoms with Gasteiger partial charge in [-0.15, -0.1) is 0 Å². The van der Waals surface area contributed by atoms with E-state index in [1.165, 1.54) is 69.8 Å². The molecule has 0 atom stereocenters. The van der Waals surface area contributed by atoms with E-state index >= 15 is 0 Å². The Bertz CT molecular complexity index is 733. The Morgan fingerprint density at radius 3 is 2.17 bits per heavy atom. The van der Waals surface area contributed by atoms with Crippen LogP contribution >= 0.6 is 11.6 Å². The third-order valence-corrected chi connectivity index (χ3v) is 6.85. The van der Waals surface area contributed by atoms with Crippen molar-refractivity contribution in [3.05, 3.63) is 47.0 Å². The molecule has 0 N–H and O–H groups in total. The molecular weight excluding hydrogens is 376 g/mol. The lowest BCUT2D eigenvalue weighted by atomic mass is 9.78. The number of hydrogen-bond donors (Lipinski definition) is 0. The van der Waals surface area contributed by atoms with Crippen molar-refractivity contribution in [3.63, 3.8) is 0 Å². The third-order valence-electron chi connectivity index (χ3n) is 6.57. The van der Waals surface area contributed by atoms with Gasteiger partial charge in [0, 0.05) is 18.2 Å². The van der Waals surface area contributed by atoms with Crippen molar-refractivity contribution in [3.8, 4) is 11.1 Å². The number of benzene rings is 1. The number of nitrogens with zero attached hydrogens (tertiary/aromatic N) is 2. The summed E-state index contributed by atoms with van der Waals surface area (Å²) in [5.74, 6) is 2.70. The Morgan fingerprint density at radius 1 is 0.862 bits per heavy atom. The third kappa shape index (κ3) is 6.81. The summed E-state index contributed by atoms with van der Waals surface area (Å²) in [5.41, 5.74) is 3.44. The van der Waals surface area contributed by atoms with Crippen molar-refractivity contribution >= 4 is 11.6 Å². The lowest BCUT2D eigenvalue weighted by Gasteiger charge is -2.28. The standard InChI is InChI=1S/C26H37ClN2/c1-3-5-6-8-21-13-16-23(17-14-21)24-19-28-25(29-26(24)27)18-15-22-11-9-20(7-4-2)10-12-22/h13-14,16-17,19-20,22H,3-12,15,18H2,1-2H3/t20-,22-. The summed E-state index contributed by atoms with van der Waals surface area (Å²) >= 11 is 6.53. The van der Waals surface area contributed by atoms with E-state index in [1.54, 1.807) is 0 Å². The summed E-state index contributed by atoms with van der Waals surface area (Å²) in [4.78, 5) is 9.25. The van der Waals surface area contributed by atoms with Crippen molar-refractivity contribution in [1.29, 1.82) is 0 Å². The minimum atomic E-state index is 0.584. The summed E-state index contributed by atoms with van der Waals surface area (Å²) in [6.45, 7) is 4.55. The molecule has 1 aromatic carbocycles. The maximum Gasteiger partial charge on any atom is 0.140 e. The zero-order chi connectivity index (χ0) is 20.5. The van der Waals surface area contributed by atoms with Crippen LogP contribution in [0, 0.1) is 11.8 Å². The molecule has 0 radical (unpaired) electrons. The molecule has 0 saturated heterocycles. The first-order valence-electron chi connectivity index (χ1n) is 11.8. The molecule has 0 bridgehead atoms. The Hall–Kier alpha value is -1.41. The Morgan fingerprint density at radius 2 is 1.55 bits per heavy atom. The van der Waals surface area contributed by atoms with Crippen molar-refractivity contribution in [1.82, 2.24) is 9.97 Å². The first kappa shape index (κ1) is 22.3. The second-order valence-electron chi connectivity index (χ2n) is 8.86. The summed E-state index contributed by atoms with van der Waals surface area (Å²) in [6, 6.07) is 8.73. The van der Waals surface area contributed by atoms with Gasteiger partial charge in [-0.3, -0.25) is 0 Å². The SMILES string of the molecule is CCCCCc1ccc(-c2cnc(CC[C@H]3CC[C@H](CCC)CC3)nc2Cl)cc1. The van der Waals surface area contributed by atoms with Gasteiger partial charge >= 0.3 is 0 Å². The molecule has 1 fully saturated rings. The lowest BCUT2D eigenvalue weighted by Crippen LogP contribution is -2.15. The van der Waals surface area contributed by atoms with Crippen molar-refractivity contribution in [2.75, 3.05) is 0 Å². The van der Waals surface area contributed by atoms with Gasteiger partial charge in [-0.05, 0) is 42.2 Å². The van der Waals surface area contributed by atoms with Gasteiger partial charge in [0.2, 0.25) is 0 Å². The first-order valence-corrected chi connectivity index (χ1v) is 12.2. The van der Waals surface area contributed by atoms with Crippen LogP contribution < -0.4 is 0 Å². The zero-order valence-corrected chi connectivity index (χ0v) is 19.1. The van der Waals surface area contributed by atoms with E-state index in [0.29, 0.717) is 5.15 Å². The predicted octanol–water partition coefficient (Wildman–Crippen LogP) is 8.07. The fraction of sp³-hybridized carbons (Fsp3) is 0.615.